The summed E-state index contributed by atoms with van der Waals surface area (Å²) in [6.45, 7) is 2.98. The van der Waals surface area contributed by atoms with Crippen molar-refractivity contribution in [3.8, 4) is 0 Å². The first-order valence-electron chi connectivity index (χ1n) is 5.76. The number of hydrogen-bond donors (Lipinski definition) is 2. The quantitative estimate of drug-likeness (QED) is 0.776. The van der Waals surface area contributed by atoms with Gasteiger partial charge < -0.3 is 14.8 Å². The number of aromatic nitrogens is 1. The van der Waals surface area contributed by atoms with Crippen LogP contribution in [0.5, 0.6) is 0 Å². The highest BCUT2D eigenvalue weighted by Crippen LogP contribution is 2.23. The highest BCUT2D eigenvalue weighted by Gasteiger charge is 2.06. The third kappa shape index (κ3) is 3.49. The van der Waals surface area contributed by atoms with E-state index in [9.17, 15) is 5.11 Å². The first-order valence-corrected chi connectivity index (χ1v) is 6.74. The van der Waals surface area contributed by atoms with Crippen molar-refractivity contribution in [1.82, 2.24) is 4.98 Å². The van der Waals surface area contributed by atoms with Crippen molar-refractivity contribution in [2.45, 2.75) is 18.1 Å². The van der Waals surface area contributed by atoms with Crippen LogP contribution in [0.3, 0.4) is 0 Å². The van der Waals surface area contributed by atoms with Crippen LogP contribution in [-0.2, 0) is 4.74 Å². The lowest BCUT2D eigenvalue weighted by molar-refractivity contribution is 0.0551. The minimum atomic E-state index is -0.411. The first-order chi connectivity index (χ1) is 8.29. The van der Waals surface area contributed by atoms with E-state index in [1.54, 1.807) is 11.8 Å². The molecule has 17 heavy (non-hydrogen) atoms. The summed E-state index contributed by atoms with van der Waals surface area (Å²) in [5, 5.41) is 11.9. The summed E-state index contributed by atoms with van der Waals surface area (Å²) in [6.07, 6.45) is -0.411. The molecule has 0 fully saturated rings. The third-order valence-corrected chi connectivity index (χ3v) is 3.53. The summed E-state index contributed by atoms with van der Waals surface area (Å²) in [5.41, 5.74) is 1.13. The number of para-hydroxylation sites is 1. The molecule has 0 saturated carbocycles. The molecule has 0 aliphatic rings. The Morgan fingerprint density at radius 3 is 3.00 bits per heavy atom. The van der Waals surface area contributed by atoms with Crippen molar-refractivity contribution in [3.05, 3.63) is 30.3 Å². The number of thioether (sulfide) groups is 1. The maximum Gasteiger partial charge on any atom is 0.0867 e. The van der Waals surface area contributed by atoms with Crippen LogP contribution in [0, 0.1) is 0 Å². The number of benzene rings is 1. The lowest BCUT2D eigenvalue weighted by atomic mass is 10.3. The van der Waals surface area contributed by atoms with Crippen molar-refractivity contribution in [2.24, 2.45) is 0 Å². The third-order valence-electron chi connectivity index (χ3n) is 2.45. The molecule has 0 amide bonds. The molecule has 92 valence electrons. The van der Waals surface area contributed by atoms with E-state index in [1.807, 2.05) is 19.1 Å². The number of hydrogen-bond acceptors (Lipinski definition) is 3. The van der Waals surface area contributed by atoms with Crippen molar-refractivity contribution >= 4 is 22.7 Å². The minimum absolute atomic E-state index is 0.406. The van der Waals surface area contributed by atoms with Gasteiger partial charge in [-0.3, -0.25) is 0 Å². The zero-order valence-corrected chi connectivity index (χ0v) is 10.7. The lowest BCUT2D eigenvalue weighted by Gasteiger charge is -2.08. The van der Waals surface area contributed by atoms with Crippen molar-refractivity contribution in [3.63, 3.8) is 0 Å². The van der Waals surface area contributed by atoms with E-state index >= 15 is 0 Å². The van der Waals surface area contributed by atoms with Crippen molar-refractivity contribution in [1.29, 1.82) is 0 Å². The highest BCUT2D eigenvalue weighted by molar-refractivity contribution is 7.99. The molecule has 2 aromatic rings. The SMILES string of the molecule is CCOCC(O)CSc1cc2ccccc2[nH]1. The van der Waals surface area contributed by atoms with Gasteiger partial charge in [0.15, 0.2) is 0 Å². The summed E-state index contributed by atoms with van der Waals surface area (Å²) in [7, 11) is 0. The van der Waals surface area contributed by atoms with Gasteiger partial charge in [-0.2, -0.15) is 0 Å². The average Bonchev–Trinajstić information content (AvgIpc) is 2.76. The van der Waals surface area contributed by atoms with E-state index < -0.39 is 6.10 Å². The van der Waals surface area contributed by atoms with E-state index in [0.29, 0.717) is 19.0 Å². The topological polar surface area (TPSA) is 45.2 Å². The molecule has 0 aliphatic heterocycles. The van der Waals surface area contributed by atoms with Crippen LogP contribution in [0.1, 0.15) is 6.92 Å². The predicted octanol–water partition coefficient (Wildman–Crippen LogP) is 2.66. The van der Waals surface area contributed by atoms with E-state index in [2.05, 4.69) is 23.2 Å². The second kappa shape index (κ2) is 6.10. The molecule has 1 aromatic heterocycles. The molecule has 1 aromatic carbocycles. The zero-order chi connectivity index (χ0) is 12.1. The fraction of sp³-hybridized carbons (Fsp3) is 0.385. The van der Waals surface area contributed by atoms with E-state index in [1.165, 1.54) is 5.39 Å². The van der Waals surface area contributed by atoms with Crippen molar-refractivity contribution < 1.29 is 9.84 Å². The van der Waals surface area contributed by atoms with Gasteiger partial charge in [0.1, 0.15) is 0 Å². The highest BCUT2D eigenvalue weighted by atomic mass is 32.2. The van der Waals surface area contributed by atoms with Gasteiger partial charge in [-0.1, -0.05) is 18.2 Å². The first kappa shape index (κ1) is 12.5. The van der Waals surface area contributed by atoms with Crippen LogP contribution >= 0.6 is 11.8 Å². The smallest absolute Gasteiger partial charge is 0.0867 e. The molecule has 0 aliphatic carbocycles. The molecule has 1 atom stereocenters. The van der Waals surface area contributed by atoms with Crippen LogP contribution in [0.15, 0.2) is 35.4 Å². The van der Waals surface area contributed by atoms with E-state index in [-0.39, 0.29) is 0 Å². The van der Waals surface area contributed by atoms with Crippen LogP contribution in [-0.4, -0.2) is 35.2 Å². The van der Waals surface area contributed by atoms with Gasteiger partial charge in [0.25, 0.3) is 0 Å². The van der Waals surface area contributed by atoms with Gasteiger partial charge in [0.2, 0.25) is 0 Å². The molecule has 2 rings (SSSR count). The Labute approximate surface area is 105 Å². The van der Waals surface area contributed by atoms with Gasteiger partial charge in [0, 0.05) is 23.3 Å². The molecule has 0 bridgehead atoms. The number of H-pyrrole nitrogens is 1. The summed E-state index contributed by atoms with van der Waals surface area (Å²) < 4.78 is 5.17. The number of nitrogens with one attached hydrogen (secondary N) is 1. The molecule has 0 radical (unpaired) electrons. The Morgan fingerprint density at radius 2 is 2.24 bits per heavy atom. The predicted molar refractivity (Wildman–Crippen MR) is 71.5 cm³/mol. The zero-order valence-electron chi connectivity index (χ0n) is 9.85. The molecule has 2 N–H and O–H groups in total. The number of aliphatic hydroxyl groups is 1. The van der Waals surface area contributed by atoms with Crippen LogP contribution in [0.2, 0.25) is 0 Å². The summed E-state index contributed by atoms with van der Waals surface area (Å²) >= 11 is 1.62. The van der Waals surface area contributed by atoms with Gasteiger partial charge in [-0.05, 0) is 19.1 Å². The molecule has 1 unspecified atom stereocenters. The van der Waals surface area contributed by atoms with Gasteiger partial charge in [-0.15, -0.1) is 11.8 Å². The normalized spacial score (nSPS) is 13.1. The van der Waals surface area contributed by atoms with Crippen LogP contribution < -0.4 is 0 Å². The van der Waals surface area contributed by atoms with Gasteiger partial charge in [0.05, 0.1) is 17.7 Å². The molecule has 0 spiro atoms. The Morgan fingerprint density at radius 1 is 1.41 bits per heavy atom. The number of fused-ring (bicyclic) bond motifs is 1. The largest absolute Gasteiger partial charge is 0.390 e. The second-order valence-corrected chi connectivity index (χ2v) is 4.91. The Hall–Kier alpha value is -0.970. The molecular weight excluding hydrogens is 234 g/mol. The van der Waals surface area contributed by atoms with E-state index in [0.717, 1.165) is 10.5 Å². The Kier molecular flexibility index (Phi) is 4.48. The lowest BCUT2D eigenvalue weighted by Crippen LogP contribution is -2.17. The summed E-state index contributed by atoms with van der Waals surface area (Å²) in [6, 6.07) is 10.3. The number of aromatic amines is 1. The maximum absolute atomic E-state index is 9.66. The van der Waals surface area contributed by atoms with Gasteiger partial charge >= 0.3 is 0 Å². The minimum Gasteiger partial charge on any atom is -0.390 e. The fourth-order valence-electron chi connectivity index (χ4n) is 1.61. The van der Waals surface area contributed by atoms with Gasteiger partial charge in [-0.25, -0.2) is 0 Å². The molecule has 3 nitrogen and oxygen atoms in total. The van der Waals surface area contributed by atoms with Crippen LogP contribution in [0.4, 0.5) is 0 Å². The number of rotatable bonds is 6. The standard InChI is InChI=1S/C13H17NO2S/c1-2-16-8-11(15)9-17-13-7-10-5-3-4-6-12(10)14-13/h3-7,11,14-15H,2,8-9H2,1H3. The van der Waals surface area contributed by atoms with Crippen LogP contribution in [0.25, 0.3) is 10.9 Å². The monoisotopic (exact) mass is 251 g/mol. The second-order valence-electron chi connectivity index (χ2n) is 3.85. The Balaban J connectivity index is 1.90. The molecular formula is C13H17NO2S. The molecule has 0 saturated heterocycles. The summed E-state index contributed by atoms with van der Waals surface area (Å²) in [5.74, 6) is 0.646. The Bertz CT molecular complexity index is 436. The summed E-state index contributed by atoms with van der Waals surface area (Å²) in [4.78, 5) is 3.32. The number of ether oxygens (including phenoxy) is 1. The number of aliphatic hydroxyl groups excluding tert-OH is 1. The average molecular weight is 251 g/mol. The maximum atomic E-state index is 9.66. The molecule has 1 heterocycles. The molecule has 4 heteroatoms. The van der Waals surface area contributed by atoms with E-state index in [4.69, 9.17) is 4.74 Å². The van der Waals surface area contributed by atoms with Crippen molar-refractivity contribution in [2.75, 3.05) is 19.0 Å². The fourth-order valence-corrected chi connectivity index (χ4v) is 2.47.